The van der Waals surface area contributed by atoms with Crippen molar-refractivity contribution in [3.8, 4) is 0 Å². The van der Waals surface area contributed by atoms with Gasteiger partial charge in [-0.3, -0.25) is 14.5 Å². The maximum absolute atomic E-state index is 13.6. The molecule has 8 heteroatoms. The first-order chi connectivity index (χ1) is 17.4. The molecule has 3 aliphatic heterocycles. The number of ether oxygens (including phenoxy) is 2. The number of carbonyl (C=O) groups excluding carboxylic acids is 2. The van der Waals surface area contributed by atoms with E-state index in [1.165, 1.54) is 0 Å². The van der Waals surface area contributed by atoms with Gasteiger partial charge in [0, 0.05) is 69.3 Å². The Kier molecular flexibility index (Phi) is 9.25. The quantitative estimate of drug-likeness (QED) is 0.571. The standard InChI is InChI=1S/C28H44N4O4/c1-5-32(23-6-10-35-11-7-23)26-16-22(18-31-8-12-36-13-9-31)15-24(21(26)4)27(33)29-17-25-19(2)14-20(3)30-28(25)34/h15-16,19-20,23,25H,5-14,17-18H2,1-4H3,(H,29,33)(H,30,34). The van der Waals surface area contributed by atoms with Gasteiger partial charge in [-0.05, 0) is 69.2 Å². The second-order valence-electron chi connectivity index (χ2n) is 10.7. The number of carbonyl (C=O) groups is 2. The zero-order valence-corrected chi connectivity index (χ0v) is 22.5. The number of anilines is 1. The van der Waals surface area contributed by atoms with Gasteiger partial charge < -0.3 is 25.0 Å². The van der Waals surface area contributed by atoms with Crippen molar-refractivity contribution in [2.45, 2.75) is 65.6 Å². The summed E-state index contributed by atoms with van der Waals surface area (Å²) in [7, 11) is 0. The molecular weight excluding hydrogens is 456 g/mol. The molecule has 0 aliphatic carbocycles. The second kappa shape index (κ2) is 12.4. The lowest BCUT2D eigenvalue weighted by molar-refractivity contribution is -0.129. The maximum Gasteiger partial charge on any atom is 0.251 e. The van der Waals surface area contributed by atoms with Crippen molar-refractivity contribution < 1.29 is 19.1 Å². The lowest BCUT2D eigenvalue weighted by Crippen LogP contribution is -2.50. The van der Waals surface area contributed by atoms with Crippen molar-refractivity contribution in [1.82, 2.24) is 15.5 Å². The highest BCUT2D eigenvalue weighted by molar-refractivity contribution is 5.97. The largest absolute Gasteiger partial charge is 0.381 e. The van der Waals surface area contributed by atoms with Gasteiger partial charge in [0.15, 0.2) is 0 Å². The van der Waals surface area contributed by atoms with Crippen LogP contribution in [0, 0.1) is 18.8 Å². The first-order valence-corrected chi connectivity index (χ1v) is 13.7. The second-order valence-corrected chi connectivity index (χ2v) is 10.7. The van der Waals surface area contributed by atoms with Crippen LogP contribution in [0.2, 0.25) is 0 Å². The van der Waals surface area contributed by atoms with Gasteiger partial charge >= 0.3 is 0 Å². The first kappa shape index (κ1) is 26.9. The molecule has 0 radical (unpaired) electrons. The van der Waals surface area contributed by atoms with Crippen LogP contribution in [-0.4, -0.2) is 81.4 Å². The Bertz CT molecular complexity index is 911. The van der Waals surface area contributed by atoms with Crippen molar-refractivity contribution in [3.05, 3.63) is 28.8 Å². The monoisotopic (exact) mass is 500 g/mol. The smallest absolute Gasteiger partial charge is 0.251 e. The summed E-state index contributed by atoms with van der Waals surface area (Å²) in [5, 5.41) is 6.14. The third kappa shape index (κ3) is 6.39. The Morgan fingerprint density at radius 3 is 2.50 bits per heavy atom. The molecule has 4 rings (SSSR count). The fourth-order valence-corrected chi connectivity index (χ4v) is 6.00. The van der Waals surface area contributed by atoms with Gasteiger partial charge in [-0.2, -0.15) is 0 Å². The molecule has 0 spiro atoms. The van der Waals surface area contributed by atoms with Crippen LogP contribution in [0.4, 0.5) is 5.69 Å². The average molecular weight is 501 g/mol. The van der Waals surface area contributed by atoms with Gasteiger partial charge in [-0.1, -0.05) is 6.92 Å². The molecule has 8 nitrogen and oxygen atoms in total. The number of nitrogens with one attached hydrogen (secondary N) is 2. The van der Waals surface area contributed by atoms with Crippen LogP contribution < -0.4 is 15.5 Å². The topological polar surface area (TPSA) is 83.1 Å². The average Bonchev–Trinajstić information content (AvgIpc) is 2.86. The molecule has 1 aromatic rings. The molecular formula is C28H44N4O4. The highest BCUT2D eigenvalue weighted by Crippen LogP contribution is 2.31. The summed E-state index contributed by atoms with van der Waals surface area (Å²) in [6.45, 7) is 15.3. The predicted octanol–water partition coefficient (Wildman–Crippen LogP) is 2.72. The summed E-state index contributed by atoms with van der Waals surface area (Å²) in [6, 6.07) is 4.92. The number of hydrogen-bond acceptors (Lipinski definition) is 6. The van der Waals surface area contributed by atoms with E-state index >= 15 is 0 Å². The van der Waals surface area contributed by atoms with Crippen LogP contribution in [0.15, 0.2) is 12.1 Å². The molecule has 3 unspecified atom stereocenters. The number of benzene rings is 1. The first-order valence-electron chi connectivity index (χ1n) is 13.7. The van der Waals surface area contributed by atoms with E-state index in [1.807, 2.05) is 13.0 Å². The summed E-state index contributed by atoms with van der Waals surface area (Å²) in [5.74, 6) is -0.0192. The number of hydrogen-bond donors (Lipinski definition) is 2. The molecule has 2 amide bonds. The van der Waals surface area contributed by atoms with Crippen LogP contribution in [0.1, 0.15) is 61.5 Å². The number of amides is 2. The molecule has 0 bridgehead atoms. The molecule has 3 aliphatic rings. The Morgan fingerprint density at radius 1 is 1.14 bits per heavy atom. The number of rotatable bonds is 8. The Labute approximate surface area is 216 Å². The highest BCUT2D eigenvalue weighted by Gasteiger charge is 2.32. The molecule has 3 atom stereocenters. The van der Waals surface area contributed by atoms with E-state index in [9.17, 15) is 9.59 Å². The SMILES string of the molecule is CCN(c1cc(CN2CCOCC2)cc(C(=O)NCC2C(=O)NC(C)CC2C)c1C)C1CCOCC1. The third-order valence-electron chi connectivity index (χ3n) is 8.10. The van der Waals surface area contributed by atoms with E-state index in [2.05, 4.69) is 47.3 Å². The lowest BCUT2D eigenvalue weighted by Gasteiger charge is -2.37. The highest BCUT2D eigenvalue weighted by atomic mass is 16.5. The van der Waals surface area contributed by atoms with Crippen LogP contribution in [0.3, 0.4) is 0 Å². The molecule has 0 aromatic heterocycles. The Hall–Kier alpha value is -2.16. The fraction of sp³-hybridized carbons (Fsp3) is 0.714. The molecule has 3 fully saturated rings. The molecule has 3 heterocycles. The normalized spacial score (nSPS) is 25.9. The van der Waals surface area contributed by atoms with Crippen LogP contribution in [0.25, 0.3) is 0 Å². The van der Waals surface area contributed by atoms with E-state index in [4.69, 9.17) is 9.47 Å². The zero-order chi connectivity index (χ0) is 25.7. The number of morpholine rings is 1. The molecule has 36 heavy (non-hydrogen) atoms. The lowest BCUT2D eigenvalue weighted by atomic mass is 9.84. The number of nitrogens with zero attached hydrogens (tertiary/aromatic N) is 2. The van der Waals surface area contributed by atoms with Gasteiger partial charge in [-0.15, -0.1) is 0 Å². The minimum Gasteiger partial charge on any atom is -0.381 e. The van der Waals surface area contributed by atoms with Crippen molar-refractivity contribution in [1.29, 1.82) is 0 Å². The van der Waals surface area contributed by atoms with Gasteiger partial charge in [0.05, 0.1) is 19.1 Å². The Morgan fingerprint density at radius 2 is 1.83 bits per heavy atom. The summed E-state index contributed by atoms with van der Waals surface area (Å²) in [5.41, 5.74) is 3.99. The van der Waals surface area contributed by atoms with Crippen molar-refractivity contribution in [2.24, 2.45) is 11.8 Å². The maximum atomic E-state index is 13.6. The molecule has 2 N–H and O–H groups in total. The fourth-order valence-electron chi connectivity index (χ4n) is 6.00. The van der Waals surface area contributed by atoms with Gasteiger partial charge in [0.25, 0.3) is 5.91 Å². The van der Waals surface area contributed by atoms with E-state index in [0.29, 0.717) is 18.2 Å². The van der Waals surface area contributed by atoms with Gasteiger partial charge in [0.1, 0.15) is 0 Å². The molecule has 3 saturated heterocycles. The van der Waals surface area contributed by atoms with E-state index < -0.39 is 0 Å². The molecule has 0 saturated carbocycles. The van der Waals surface area contributed by atoms with Crippen molar-refractivity contribution in [2.75, 3.05) is 57.5 Å². The van der Waals surface area contributed by atoms with Crippen LogP contribution in [0.5, 0.6) is 0 Å². The van der Waals surface area contributed by atoms with Crippen molar-refractivity contribution in [3.63, 3.8) is 0 Å². The summed E-state index contributed by atoms with van der Waals surface area (Å²) in [4.78, 5) is 31.0. The summed E-state index contributed by atoms with van der Waals surface area (Å²) >= 11 is 0. The van der Waals surface area contributed by atoms with Crippen molar-refractivity contribution >= 4 is 17.5 Å². The van der Waals surface area contributed by atoms with Crippen LogP contribution in [-0.2, 0) is 20.8 Å². The van der Waals surface area contributed by atoms with Crippen LogP contribution >= 0.6 is 0 Å². The van der Waals surface area contributed by atoms with E-state index in [0.717, 1.165) is 88.7 Å². The number of piperidine rings is 1. The minimum atomic E-state index is -0.198. The van der Waals surface area contributed by atoms with E-state index in [-0.39, 0.29) is 29.7 Å². The third-order valence-corrected chi connectivity index (χ3v) is 8.10. The summed E-state index contributed by atoms with van der Waals surface area (Å²) in [6.07, 6.45) is 2.92. The minimum absolute atomic E-state index is 0.0386. The zero-order valence-electron chi connectivity index (χ0n) is 22.5. The van der Waals surface area contributed by atoms with Gasteiger partial charge in [-0.25, -0.2) is 0 Å². The van der Waals surface area contributed by atoms with Gasteiger partial charge in [0.2, 0.25) is 5.91 Å². The Balaban J connectivity index is 1.58. The molecule has 1 aromatic carbocycles. The molecule has 200 valence electrons. The predicted molar refractivity (Wildman–Crippen MR) is 141 cm³/mol. The summed E-state index contributed by atoms with van der Waals surface area (Å²) < 4.78 is 11.2. The van der Waals surface area contributed by atoms with E-state index in [1.54, 1.807) is 0 Å².